The summed E-state index contributed by atoms with van der Waals surface area (Å²) in [4.78, 5) is 13.5. The number of nitrogens with zero attached hydrogens (tertiary/aromatic N) is 5. The van der Waals surface area contributed by atoms with Gasteiger partial charge in [0.2, 0.25) is 5.28 Å². The number of hydrogen-bond donors (Lipinski definition) is 2. The first-order chi connectivity index (χ1) is 20.7. The van der Waals surface area contributed by atoms with Gasteiger partial charge in [0.1, 0.15) is 0 Å². The number of benzene rings is 2. The summed E-state index contributed by atoms with van der Waals surface area (Å²) in [6, 6.07) is 21.4. The van der Waals surface area contributed by atoms with Gasteiger partial charge in [-0.2, -0.15) is 9.97 Å². The Kier molecular flexibility index (Phi) is 11.6. The minimum Gasteiger partial charge on any atom is -0.312 e. The van der Waals surface area contributed by atoms with Gasteiger partial charge in [-0.3, -0.25) is 0 Å². The zero-order chi connectivity index (χ0) is 29.0. The molecule has 0 amide bonds. The van der Waals surface area contributed by atoms with Crippen molar-refractivity contribution < 1.29 is 0 Å². The number of aromatic nitrogens is 4. The van der Waals surface area contributed by atoms with Crippen molar-refractivity contribution in [3.8, 4) is 0 Å². The number of imidazole rings is 1. The van der Waals surface area contributed by atoms with Crippen LogP contribution in [0, 0.1) is 5.92 Å². The van der Waals surface area contributed by atoms with Crippen LogP contribution in [0.2, 0.25) is 5.28 Å². The van der Waals surface area contributed by atoms with Crippen molar-refractivity contribution in [1.29, 1.82) is 0 Å². The molecular weight excluding hydrogens is 542 g/mol. The minimum atomic E-state index is 0.291. The van der Waals surface area contributed by atoms with Gasteiger partial charge < -0.3 is 15.3 Å². The molecule has 2 fully saturated rings. The zero-order valence-electron chi connectivity index (χ0n) is 25.0. The van der Waals surface area contributed by atoms with Gasteiger partial charge in [0.05, 0.1) is 6.33 Å². The third kappa shape index (κ3) is 8.76. The quantitative estimate of drug-likeness (QED) is 0.136. The molecule has 224 valence electrons. The fourth-order valence-electron chi connectivity index (χ4n) is 6.13. The Hall–Kier alpha value is -3.00. The van der Waals surface area contributed by atoms with E-state index in [2.05, 4.69) is 90.7 Å². The number of piperidine rings is 1. The number of hydrogen-bond acceptors (Lipinski definition) is 6. The normalized spacial score (nSPS) is 16.4. The summed E-state index contributed by atoms with van der Waals surface area (Å²) in [5, 5.41) is 5.98. The van der Waals surface area contributed by atoms with E-state index in [1.54, 1.807) is 0 Å². The Morgan fingerprint density at radius 3 is 2.10 bits per heavy atom. The number of anilines is 1. The molecule has 1 aliphatic heterocycles. The molecule has 0 unspecified atom stereocenters. The van der Waals surface area contributed by atoms with Gasteiger partial charge in [-0.1, -0.05) is 106 Å². The molecule has 3 heterocycles. The third-order valence-corrected chi connectivity index (χ3v) is 8.72. The van der Waals surface area contributed by atoms with Crippen LogP contribution in [0.4, 0.5) is 5.82 Å². The number of halogens is 1. The summed E-state index contributed by atoms with van der Waals surface area (Å²) >= 11 is 6.25. The van der Waals surface area contributed by atoms with Gasteiger partial charge in [-0.05, 0) is 54.3 Å². The maximum atomic E-state index is 6.25. The van der Waals surface area contributed by atoms with Gasteiger partial charge in [0.15, 0.2) is 17.0 Å². The number of hydrazine groups is 1. The second kappa shape index (κ2) is 16.0. The van der Waals surface area contributed by atoms with E-state index in [1.807, 2.05) is 18.5 Å². The Morgan fingerprint density at radius 1 is 0.833 bits per heavy atom. The van der Waals surface area contributed by atoms with Crippen LogP contribution in [0.3, 0.4) is 0 Å². The van der Waals surface area contributed by atoms with Crippen LogP contribution in [0.5, 0.6) is 0 Å². The smallest absolute Gasteiger partial charge is 0.226 e. The second-order valence-corrected chi connectivity index (χ2v) is 12.1. The van der Waals surface area contributed by atoms with Gasteiger partial charge in [-0.25, -0.2) is 9.99 Å². The topological polar surface area (TPSA) is 70.9 Å². The van der Waals surface area contributed by atoms with Crippen molar-refractivity contribution in [3.63, 3.8) is 0 Å². The lowest BCUT2D eigenvalue weighted by Crippen LogP contribution is -2.38. The van der Waals surface area contributed by atoms with Gasteiger partial charge >= 0.3 is 0 Å². The molecule has 2 aromatic heterocycles. The van der Waals surface area contributed by atoms with E-state index >= 15 is 0 Å². The standard InChI is InChI=1S/C20H31ClN6.C14H15N/c1-2-3-4-7-15-10-12-26(13-11-15)25-18-17-19(24-20(21)23-18)27(14-22-17)16-8-5-6-9-16;1-3-7-13(8-4-1)11-15-12-14-9-5-2-6-10-14/h14-16H,2-13H2,1H3,(H,23,24,25);1-10,15H,11-12H2. The van der Waals surface area contributed by atoms with Crippen LogP contribution in [-0.4, -0.2) is 37.6 Å². The summed E-state index contributed by atoms with van der Waals surface area (Å²) < 4.78 is 2.20. The fourth-order valence-corrected chi connectivity index (χ4v) is 6.29. The first-order valence-corrected chi connectivity index (χ1v) is 16.3. The molecule has 2 aromatic carbocycles. The summed E-state index contributed by atoms with van der Waals surface area (Å²) in [6.07, 6.45) is 14.8. The predicted octanol–water partition coefficient (Wildman–Crippen LogP) is 8.19. The minimum absolute atomic E-state index is 0.291. The van der Waals surface area contributed by atoms with E-state index in [0.717, 1.165) is 49.1 Å². The summed E-state index contributed by atoms with van der Waals surface area (Å²) in [5.41, 5.74) is 7.82. The van der Waals surface area contributed by atoms with Crippen molar-refractivity contribution in [3.05, 3.63) is 83.4 Å². The van der Waals surface area contributed by atoms with Crippen LogP contribution in [0.1, 0.15) is 88.3 Å². The molecule has 8 heteroatoms. The molecule has 1 saturated carbocycles. The molecule has 1 aliphatic carbocycles. The highest BCUT2D eigenvalue weighted by Crippen LogP contribution is 2.33. The van der Waals surface area contributed by atoms with E-state index in [9.17, 15) is 0 Å². The molecule has 1 saturated heterocycles. The van der Waals surface area contributed by atoms with Crippen molar-refractivity contribution in [1.82, 2.24) is 29.8 Å². The molecule has 4 aromatic rings. The molecule has 0 atom stereocenters. The maximum Gasteiger partial charge on any atom is 0.226 e. The highest BCUT2D eigenvalue weighted by Gasteiger charge is 2.24. The summed E-state index contributed by atoms with van der Waals surface area (Å²) in [7, 11) is 0. The molecule has 0 spiro atoms. The summed E-state index contributed by atoms with van der Waals surface area (Å²) in [6.45, 7) is 6.21. The predicted molar refractivity (Wildman–Crippen MR) is 173 cm³/mol. The summed E-state index contributed by atoms with van der Waals surface area (Å²) in [5.74, 6) is 1.61. The number of rotatable bonds is 11. The average molecular weight is 588 g/mol. The molecule has 42 heavy (non-hydrogen) atoms. The first kappa shape index (κ1) is 30.5. The van der Waals surface area contributed by atoms with E-state index in [0.29, 0.717) is 11.3 Å². The molecule has 6 rings (SSSR count). The van der Waals surface area contributed by atoms with Gasteiger partial charge in [0, 0.05) is 32.2 Å². The van der Waals surface area contributed by atoms with Crippen LogP contribution < -0.4 is 10.7 Å². The first-order valence-electron chi connectivity index (χ1n) is 15.9. The van der Waals surface area contributed by atoms with E-state index in [4.69, 9.17) is 11.6 Å². The molecule has 0 radical (unpaired) electrons. The SMILES string of the molecule is CCCCCC1CCN(Nc2nc(Cl)nc3c2ncn3C2CCCC2)CC1.c1ccc(CNCc2ccccc2)cc1. The van der Waals surface area contributed by atoms with E-state index < -0.39 is 0 Å². The van der Waals surface area contributed by atoms with Crippen molar-refractivity contribution >= 4 is 28.6 Å². The van der Waals surface area contributed by atoms with Crippen molar-refractivity contribution in [2.45, 2.75) is 90.3 Å². The monoisotopic (exact) mass is 587 g/mol. The lowest BCUT2D eigenvalue weighted by molar-refractivity contribution is 0.207. The second-order valence-electron chi connectivity index (χ2n) is 11.7. The van der Waals surface area contributed by atoms with Crippen LogP contribution in [0.15, 0.2) is 67.0 Å². The maximum absolute atomic E-state index is 6.25. The molecule has 7 nitrogen and oxygen atoms in total. The number of unbranched alkanes of at least 4 members (excludes halogenated alkanes) is 2. The molecule has 0 bridgehead atoms. The van der Waals surface area contributed by atoms with Gasteiger partial charge in [-0.15, -0.1) is 0 Å². The zero-order valence-corrected chi connectivity index (χ0v) is 25.8. The fraction of sp³-hybridized carbons (Fsp3) is 0.500. The molecule has 2 N–H and O–H groups in total. The Morgan fingerprint density at radius 2 is 1.48 bits per heavy atom. The van der Waals surface area contributed by atoms with Gasteiger partial charge in [0.25, 0.3) is 0 Å². The average Bonchev–Trinajstić information content (AvgIpc) is 3.70. The highest BCUT2D eigenvalue weighted by molar-refractivity contribution is 6.28. The molecular formula is C34H46ClN7. The number of fused-ring (bicyclic) bond motifs is 1. The van der Waals surface area contributed by atoms with Crippen molar-refractivity contribution in [2.75, 3.05) is 18.5 Å². The number of nitrogens with one attached hydrogen (secondary N) is 2. The van der Waals surface area contributed by atoms with Crippen LogP contribution in [-0.2, 0) is 13.1 Å². The Balaban J connectivity index is 0.000000199. The Bertz CT molecular complexity index is 1290. The highest BCUT2D eigenvalue weighted by atomic mass is 35.5. The van der Waals surface area contributed by atoms with Crippen LogP contribution >= 0.6 is 11.6 Å². The van der Waals surface area contributed by atoms with Crippen LogP contribution in [0.25, 0.3) is 11.2 Å². The van der Waals surface area contributed by atoms with Crippen molar-refractivity contribution in [2.24, 2.45) is 5.92 Å². The Labute approximate surface area is 256 Å². The van der Waals surface area contributed by atoms with E-state index in [1.165, 1.54) is 75.3 Å². The lowest BCUT2D eigenvalue weighted by Gasteiger charge is -2.32. The largest absolute Gasteiger partial charge is 0.312 e. The molecule has 2 aliphatic rings. The lowest BCUT2D eigenvalue weighted by atomic mass is 9.92. The third-order valence-electron chi connectivity index (χ3n) is 8.55. The van der Waals surface area contributed by atoms with E-state index in [-0.39, 0.29) is 0 Å².